The Morgan fingerprint density at radius 2 is 2.09 bits per heavy atom. The quantitative estimate of drug-likeness (QED) is 0.862. The van der Waals surface area contributed by atoms with E-state index in [1.807, 2.05) is 0 Å². The Bertz CT molecular complexity index is 622. The number of amides is 3. The summed E-state index contributed by atoms with van der Waals surface area (Å²) in [6, 6.07) is 2.26. The molecule has 9 heteroatoms. The Hall–Kier alpha value is -1.96. The van der Waals surface area contributed by atoms with Crippen molar-refractivity contribution >= 4 is 29.2 Å². The van der Waals surface area contributed by atoms with Gasteiger partial charge < -0.3 is 15.5 Å². The molecule has 0 aliphatic carbocycles. The number of likely N-dealkylation sites (tertiary alicyclic amines) is 1. The summed E-state index contributed by atoms with van der Waals surface area (Å²) in [6.45, 7) is 0.362. The molecule has 23 heavy (non-hydrogen) atoms. The van der Waals surface area contributed by atoms with Crippen LogP contribution < -0.4 is 10.6 Å². The molecular formula is C14H15ClF3N3O2. The highest BCUT2D eigenvalue weighted by molar-refractivity contribution is 6.31. The smallest absolute Gasteiger partial charge is 0.344 e. The summed E-state index contributed by atoms with van der Waals surface area (Å²) in [7, 11) is 1.63. The van der Waals surface area contributed by atoms with E-state index in [0.29, 0.717) is 19.4 Å². The molecule has 1 heterocycles. The zero-order chi connectivity index (χ0) is 17.2. The fourth-order valence-corrected chi connectivity index (χ4v) is 2.53. The number of urea groups is 1. The highest BCUT2D eigenvalue weighted by atomic mass is 35.5. The monoisotopic (exact) mass is 349 g/mol. The number of nitrogens with one attached hydrogen (secondary N) is 2. The summed E-state index contributed by atoms with van der Waals surface area (Å²) < 4.78 is 38.3. The summed E-state index contributed by atoms with van der Waals surface area (Å²) in [6.07, 6.45) is -3.79. The number of carbonyl (C=O) groups is 2. The SMILES string of the molecule is CN1C[C@@H](NC(=O)Nc2ccc(Cl)c(C(F)(F)F)c2)CCC1=O. The Balaban J connectivity index is 1.99. The van der Waals surface area contributed by atoms with Gasteiger partial charge in [0.15, 0.2) is 0 Å². The van der Waals surface area contributed by atoms with E-state index in [9.17, 15) is 22.8 Å². The van der Waals surface area contributed by atoms with Crippen molar-refractivity contribution < 1.29 is 22.8 Å². The van der Waals surface area contributed by atoms with E-state index in [-0.39, 0.29) is 17.6 Å². The summed E-state index contributed by atoms with van der Waals surface area (Å²) in [5, 5.41) is 4.54. The van der Waals surface area contributed by atoms with Gasteiger partial charge in [0.1, 0.15) is 0 Å². The van der Waals surface area contributed by atoms with Crippen LogP contribution in [0.4, 0.5) is 23.7 Å². The molecule has 2 rings (SSSR count). The third-order valence-electron chi connectivity index (χ3n) is 3.49. The van der Waals surface area contributed by atoms with Crippen LogP contribution in [0, 0.1) is 0 Å². The molecule has 1 aliphatic heterocycles. The van der Waals surface area contributed by atoms with Crippen LogP contribution in [0.2, 0.25) is 5.02 Å². The number of rotatable bonds is 2. The van der Waals surface area contributed by atoms with Crippen molar-refractivity contribution in [2.24, 2.45) is 0 Å². The molecule has 2 N–H and O–H groups in total. The van der Waals surface area contributed by atoms with Crippen molar-refractivity contribution in [3.8, 4) is 0 Å². The lowest BCUT2D eigenvalue weighted by Gasteiger charge is -2.30. The van der Waals surface area contributed by atoms with Crippen LogP contribution in [-0.2, 0) is 11.0 Å². The van der Waals surface area contributed by atoms with Crippen LogP contribution in [0.3, 0.4) is 0 Å². The number of anilines is 1. The Labute approximate surface area is 135 Å². The van der Waals surface area contributed by atoms with E-state index in [0.717, 1.165) is 12.1 Å². The minimum absolute atomic E-state index is 0.00372. The maximum atomic E-state index is 12.8. The molecule has 0 spiro atoms. The number of likely N-dealkylation sites (N-methyl/N-ethyl adjacent to an activating group) is 1. The summed E-state index contributed by atoms with van der Waals surface area (Å²) in [5.74, 6) is -0.00372. The summed E-state index contributed by atoms with van der Waals surface area (Å²) >= 11 is 5.52. The van der Waals surface area contributed by atoms with Gasteiger partial charge in [-0.15, -0.1) is 0 Å². The van der Waals surface area contributed by atoms with Crippen molar-refractivity contribution in [1.29, 1.82) is 0 Å². The average Bonchev–Trinajstić information content (AvgIpc) is 2.44. The molecule has 1 atom stereocenters. The first kappa shape index (κ1) is 17.4. The standard InChI is InChI=1S/C14H15ClF3N3O2/c1-21-7-9(3-5-12(21)22)20-13(23)19-8-2-4-11(15)10(6-8)14(16,17)18/h2,4,6,9H,3,5,7H2,1H3,(H2,19,20,23)/t9-/m0/s1. The first-order valence-corrected chi connectivity index (χ1v) is 7.23. The van der Waals surface area contributed by atoms with Gasteiger partial charge in [-0.05, 0) is 24.6 Å². The second kappa shape index (κ2) is 6.66. The lowest BCUT2D eigenvalue weighted by atomic mass is 10.1. The number of hydrogen-bond donors (Lipinski definition) is 2. The largest absolute Gasteiger partial charge is 0.417 e. The zero-order valence-electron chi connectivity index (χ0n) is 12.2. The normalized spacial score (nSPS) is 18.7. The molecule has 1 aromatic rings. The van der Waals surface area contributed by atoms with E-state index in [2.05, 4.69) is 10.6 Å². The Morgan fingerprint density at radius 1 is 1.39 bits per heavy atom. The molecule has 0 saturated carbocycles. The number of carbonyl (C=O) groups excluding carboxylic acids is 2. The van der Waals surface area contributed by atoms with Crippen molar-refractivity contribution in [3.63, 3.8) is 0 Å². The molecule has 0 unspecified atom stereocenters. The molecule has 0 radical (unpaired) electrons. The molecule has 126 valence electrons. The van der Waals surface area contributed by atoms with Gasteiger partial charge in [0.2, 0.25) is 5.91 Å². The van der Waals surface area contributed by atoms with Gasteiger partial charge in [0, 0.05) is 31.7 Å². The molecule has 1 saturated heterocycles. The van der Waals surface area contributed by atoms with Crippen molar-refractivity contribution in [3.05, 3.63) is 28.8 Å². The highest BCUT2D eigenvalue weighted by Gasteiger charge is 2.33. The molecule has 5 nitrogen and oxygen atoms in total. The molecular weight excluding hydrogens is 335 g/mol. The van der Waals surface area contributed by atoms with Crippen LogP contribution in [0.5, 0.6) is 0 Å². The summed E-state index contributed by atoms with van der Waals surface area (Å²) in [5.41, 5.74) is -1.03. The lowest BCUT2D eigenvalue weighted by molar-refractivity contribution is -0.137. The van der Waals surface area contributed by atoms with Gasteiger partial charge >= 0.3 is 12.2 Å². The van der Waals surface area contributed by atoms with Gasteiger partial charge in [-0.3, -0.25) is 4.79 Å². The van der Waals surface area contributed by atoms with Crippen LogP contribution >= 0.6 is 11.6 Å². The third kappa shape index (κ3) is 4.51. The minimum Gasteiger partial charge on any atom is -0.344 e. The first-order valence-electron chi connectivity index (χ1n) is 6.85. The molecule has 1 aliphatic rings. The number of piperidine rings is 1. The molecule has 1 aromatic carbocycles. The second-order valence-electron chi connectivity index (χ2n) is 5.30. The molecule has 3 amide bonds. The van der Waals surface area contributed by atoms with Gasteiger partial charge in [-0.1, -0.05) is 11.6 Å². The number of hydrogen-bond acceptors (Lipinski definition) is 2. The van der Waals surface area contributed by atoms with Crippen molar-refractivity contribution in [1.82, 2.24) is 10.2 Å². The minimum atomic E-state index is -4.60. The number of alkyl halides is 3. The van der Waals surface area contributed by atoms with Crippen molar-refractivity contribution in [2.75, 3.05) is 18.9 Å². The maximum Gasteiger partial charge on any atom is 0.417 e. The van der Waals surface area contributed by atoms with Crippen LogP contribution in [-0.4, -0.2) is 36.5 Å². The maximum absolute atomic E-state index is 12.8. The van der Waals surface area contributed by atoms with Gasteiger partial charge in [0.05, 0.1) is 10.6 Å². The topological polar surface area (TPSA) is 61.4 Å². The third-order valence-corrected chi connectivity index (χ3v) is 3.82. The van der Waals surface area contributed by atoms with E-state index in [1.54, 1.807) is 7.05 Å². The van der Waals surface area contributed by atoms with E-state index in [4.69, 9.17) is 11.6 Å². The zero-order valence-corrected chi connectivity index (χ0v) is 13.0. The fraction of sp³-hybridized carbons (Fsp3) is 0.429. The Morgan fingerprint density at radius 3 is 2.70 bits per heavy atom. The van der Waals surface area contributed by atoms with Crippen LogP contribution in [0.25, 0.3) is 0 Å². The Kier molecular flexibility index (Phi) is 5.03. The number of halogens is 4. The highest BCUT2D eigenvalue weighted by Crippen LogP contribution is 2.36. The first-order chi connectivity index (χ1) is 10.7. The van der Waals surface area contributed by atoms with Gasteiger partial charge in [-0.2, -0.15) is 13.2 Å². The van der Waals surface area contributed by atoms with Gasteiger partial charge in [-0.25, -0.2) is 4.79 Å². The summed E-state index contributed by atoms with van der Waals surface area (Å²) in [4.78, 5) is 24.7. The van der Waals surface area contributed by atoms with Gasteiger partial charge in [0.25, 0.3) is 0 Å². The average molecular weight is 350 g/mol. The van der Waals surface area contributed by atoms with Crippen molar-refractivity contribution in [2.45, 2.75) is 25.1 Å². The van der Waals surface area contributed by atoms with Crippen LogP contribution in [0.1, 0.15) is 18.4 Å². The van der Waals surface area contributed by atoms with Crippen LogP contribution in [0.15, 0.2) is 18.2 Å². The molecule has 0 aromatic heterocycles. The number of benzene rings is 1. The van der Waals surface area contributed by atoms with E-state index >= 15 is 0 Å². The predicted molar refractivity (Wildman–Crippen MR) is 79.3 cm³/mol. The number of nitrogens with zero attached hydrogens (tertiary/aromatic N) is 1. The molecule has 1 fully saturated rings. The lowest BCUT2D eigenvalue weighted by Crippen LogP contribution is -2.49. The van der Waals surface area contributed by atoms with E-state index < -0.39 is 22.8 Å². The predicted octanol–water partition coefficient (Wildman–Crippen LogP) is 3.10. The fourth-order valence-electron chi connectivity index (χ4n) is 2.30. The van der Waals surface area contributed by atoms with E-state index in [1.165, 1.54) is 11.0 Å². The molecule has 0 bridgehead atoms. The second-order valence-corrected chi connectivity index (χ2v) is 5.71.